The van der Waals surface area contributed by atoms with Crippen LogP contribution in [0.25, 0.3) is 0 Å². The number of nitrogens with one attached hydrogen (secondary N) is 1. The van der Waals surface area contributed by atoms with Crippen molar-refractivity contribution < 1.29 is 52.1 Å². The van der Waals surface area contributed by atoms with E-state index in [1.54, 1.807) is 0 Å². The zero-order valence-corrected chi connectivity index (χ0v) is 19.6. The Hall–Kier alpha value is -1.16. The number of amides is 1. The second-order valence-corrected chi connectivity index (χ2v) is 8.73. The number of rotatable bonds is 7. The van der Waals surface area contributed by atoms with E-state index in [4.69, 9.17) is 0 Å². The van der Waals surface area contributed by atoms with Crippen LogP contribution < -0.4 is 34.9 Å². The van der Waals surface area contributed by atoms with Crippen LogP contribution in [0.3, 0.4) is 0 Å². The zero-order valence-electron chi connectivity index (χ0n) is 16.0. The first-order valence-corrected chi connectivity index (χ1v) is 10.6. The number of hydrogen-bond donors (Lipinski definition) is 1. The van der Waals surface area contributed by atoms with E-state index < -0.39 is 16.0 Å². The molecular weight excluding hydrogens is 409 g/mol. The molecule has 28 heavy (non-hydrogen) atoms. The van der Waals surface area contributed by atoms with Crippen molar-refractivity contribution in [3.63, 3.8) is 0 Å². The van der Waals surface area contributed by atoms with Gasteiger partial charge in [0.15, 0.2) is 5.12 Å². The van der Waals surface area contributed by atoms with Gasteiger partial charge in [-0.3, -0.25) is 9.59 Å². The molecule has 0 saturated carbocycles. The second-order valence-electron chi connectivity index (χ2n) is 6.16. The number of anilines is 1. The van der Waals surface area contributed by atoms with Crippen LogP contribution in [-0.2, 0) is 26.1 Å². The summed E-state index contributed by atoms with van der Waals surface area (Å²) in [4.78, 5) is 23.6. The maximum absolute atomic E-state index is 12.7. The minimum absolute atomic E-state index is 0. The molecule has 2 aromatic rings. The van der Waals surface area contributed by atoms with Gasteiger partial charge in [-0.15, -0.1) is 0 Å². The number of thioether (sulfide) groups is 1. The summed E-state index contributed by atoms with van der Waals surface area (Å²) in [6, 6.07) is 12.8. The standard InChI is InChI=1S/C19H21NO5S2.Na/c1-13-3-5-15(6-4-13)11-16(12-26-14(2)21)19(22)20-17-7-9-18(10-8-17)27(23,24)25;/h3-10,16H,11-12H2,1-2H3,(H,20,22)(H,23,24,25);/q;+1/p-1. The zero-order chi connectivity index (χ0) is 20.0. The molecule has 144 valence electrons. The quantitative estimate of drug-likeness (QED) is 0.490. The van der Waals surface area contributed by atoms with Gasteiger partial charge in [-0.2, -0.15) is 0 Å². The molecule has 0 bridgehead atoms. The Balaban J connectivity index is 0.00000392. The first-order valence-electron chi connectivity index (χ1n) is 8.21. The van der Waals surface area contributed by atoms with Gasteiger partial charge in [0.25, 0.3) is 0 Å². The van der Waals surface area contributed by atoms with Crippen LogP contribution in [0.4, 0.5) is 5.69 Å². The molecule has 6 nitrogen and oxygen atoms in total. The predicted octanol–water partition coefficient (Wildman–Crippen LogP) is -0.0198. The minimum Gasteiger partial charge on any atom is -0.744 e. The maximum Gasteiger partial charge on any atom is 1.00 e. The molecule has 0 spiro atoms. The third kappa shape index (κ3) is 8.06. The van der Waals surface area contributed by atoms with E-state index in [0.717, 1.165) is 35.0 Å². The molecule has 1 N–H and O–H groups in total. The van der Waals surface area contributed by atoms with E-state index >= 15 is 0 Å². The van der Waals surface area contributed by atoms with Crippen molar-refractivity contribution in [1.82, 2.24) is 0 Å². The smallest absolute Gasteiger partial charge is 0.744 e. The average molecular weight is 429 g/mol. The predicted molar refractivity (Wildman–Crippen MR) is 105 cm³/mol. The van der Waals surface area contributed by atoms with Gasteiger partial charge >= 0.3 is 29.6 Å². The van der Waals surface area contributed by atoms with Crippen LogP contribution in [0.2, 0.25) is 0 Å². The molecule has 9 heteroatoms. The number of hydrogen-bond acceptors (Lipinski definition) is 6. The summed E-state index contributed by atoms with van der Waals surface area (Å²) < 4.78 is 32.9. The summed E-state index contributed by atoms with van der Waals surface area (Å²) >= 11 is 1.09. The van der Waals surface area contributed by atoms with Crippen molar-refractivity contribution in [2.24, 2.45) is 5.92 Å². The van der Waals surface area contributed by atoms with Gasteiger partial charge in [0.1, 0.15) is 10.1 Å². The van der Waals surface area contributed by atoms with Crippen molar-refractivity contribution in [3.8, 4) is 0 Å². The molecule has 2 rings (SSSR count). The molecule has 0 saturated heterocycles. The first kappa shape index (κ1) is 24.9. The van der Waals surface area contributed by atoms with Crippen LogP contribution in [0.1, 0.15) is 18.1 Å². The Morgan fingerprint density at radius 2 is 1.64 bits per heavy atom. The summed E-state index contributed by atoms with van der Waals surface area (Å²) in [7, 11) is -4.53. The molecule has 0 heterocycles. The number of carbonyl (C=O) groups excluding carboxylic acids is 2. The summed E-state index contributed by atoms with van der Waals surface area (Å²) in [5.74, 6) is -0.381. The van der Waals surface area contributed by atoms with Gasteiger partial charge in [-0.1, -0.05) is 41.6 Å². The fourth-order valence-electron chi connectivity index (χ4n) is 2.40. The van der Waals surface area contributed by atoms with Crippen molar-refractivity contribution in [1.29, 1.82) is 0 Å². The van der Waals surface area contributed by atoms with E-state index in [0.29, 0.717) is 17.9 Å². The van der Waals surface area contributed by atoms with E-state index in [2.05, 4.69) is 5.32 Å². The van der Waals surface area contributed by atoms with E-state index in [1.807, 2.05) is 31.2 Å². The Kier molecular flexibility index (Phi) is 9.89. The number of carbonyl (C=O) groups is 2. The molecule has 0 aliphatic heterocycles. The minimum atomic E-state index is -4.53. The Morgan fingerprint density at radius 1 is 1.07 bits per heavy atom. The third-order valence-corrected chi connectivity index (χ3v) is 5.70. The van der Waals surface area contributed by atoms with Crippen LogP contribution >= 0.6 is 11.8 Å². The Labute approximate surface area is 191 Å². The van der Waals surface area contributed by atoms with Gasteiger partial charge in [0.05, 0.1) is 10.8 Å². The molecule has 0 radical (unpaired) electrons. The molecule has 0 aromatic heterocycles. The van der Waals surface area contributed by atoms with Crippen molar-refractivity contribution >= 4 is 38.6 Å². The third-order valence-electron chi connectivity index (χ3n) is 3.87. The first-order chi connectivity index (χ1) is 12.6. The molecule has 0 fully saturated rings. The Morgan fingerprint density at radius 3 is 2.14 bits per heavy atom. The summed E-state index contributed by atoms with van der Waals surface area (Å²) in [5.41, 5.74) is 2.48. The fraction of sp³-hybridized carbons (Fsp3) is 0.263. The molecule has 1 amide bonds. The SMILES string of the molecule is CC(=O)SCC(Cc1ccc(C)cc1)C(=O)Nc1ccc(S(=O)(=O)[O-])cc1.[Na+]. The maximum atomic E-state index is 12.7. The van der Waals surface area contributed by atoms with Crippen molar-refractivity contribution in [3.05, 3.63) is 59.7 Å². The molecular formula is C19H20NNaO5S2. The summed E-state index contributed by atoms with van der Waals surface area (Å²) in [6.45, 7) is 3.43. The van der Waals surface area contributed by atoms with Gasteiger partial charge in [-0.25, -0.2) is 8.42 Å². The number of benzene rings is 2. The largest absolute Gasteiger partial charge is 1.00 e. The molecule has 2 aromatic carbocycles. The van der Waals surface area contributed by atoms with E-state index in [9.17, 15) is 22.6 Å². The van der Waals surface area contributed by atoms with Crippen LogP contribution in [0.15, 0.2) is 53.4 Å². The molecule has 0 aliphatic carbocycles. The fourth-order valence-corrected chi connectivity index (χ4v) is 3.58. The Bertz CT molecular complexity index is 912. The summed E-state index contributed by atoms with van der Waals surface area (Å²) in [6.07, 6.45) is 0.472. The average Bonchev–Trinajstić information content (AvgIpc) is 2.59. The van der Waals surface area contributed by atoms with Crippen molar-refractivity contribution in [2.45, 2.75) is 25.2 Å². The number of aryl methyl sites for hydroxylation is 1. The second kappa shape index (κ2) is 11.1. The normalized spacial score (nSPS) is 12.0. The topological polar surface area (TPSA) is 103 Å². The van der Waals surface area contributed by atoms with Gasteiger partial charge in [-0.05, 0) is 43.2 Å². The van der Waals surface area contributed by atoms with Crippen LogP contribution in [-0.4, -0.2) is 29.7 Å². The molecule has 0 aliphatic rings. The van der Waals surface area contributed by atoms with Gasteiger partial charge in [0, 0.05) is 18.4 Å². The van der Waals surface area contributed by atoms with Crippen molar-refractivity contribution in [2.75, 3.05) is 11.1 Å². The van der Waals surface area contributed by atoms with Crippen LogP contribution in [0, 0.1) is 12.8 Å². The van der Waals surface area contributed by atoms with E-state index in [1.165, 1.54) is 19.1 Å². The van der Waals surface area contributed by atoms with Gasteiger partial charge in [0.2, 0.25) is 5.91 Å². The van der Waals surface area contributed by atoms with Crippen LogP contribution in [0.5, 0.6) is 0 Å². The van der Waals surface area contributed by atoms with Gasteiger partial charge < -0.3 is 9.87 Å². The monoisotopic (exact) mass is 429 g/mol. The summed E-state index contributed by atoms with van der Waals surface area (Å²) in [5, 5.41) is 2.65. The molecule has 1 unspecified atom stereocenters. The molecule has 1 atom stereocenters. The van der Waals surface area contributed by atoms with E-state index in [-0.39, 0.29) is 45.5 Å².